The maximum absolute atomic E-state index is 12.4. The zero-order valence-electron chi connectivity index (χ0n) is 13.1. The number of fused-ring (bicyclic) bond motifs is 1. The van der Waals surface area contributed by atoms with Gasteiger partial charge in [-0.15, -0.1) is 11.3 Å². The lowest BCUT2D eigenvalue weighted by molar-refractivity contribution is 0.199. The van der Waals surface area contributed by atoms with Crippen LogP contribution in [0.5, 0.6) is 0 Å². The number of benzene rings is 1. The average molecular weight is 327 g/mol. The molecule has 1 N–H and O–H groups in total. The summed E-state index contributed by atoms with van der Waals surface area (Å²) >= 11 is 1.74. The largest absolute Gasteiger partial charge is 0.334 e. The first kappa shape index (κ1) is 14.7. The Morgan fingerprint density at radius 1 is 1.26 bits per heavy atom. The predicted molar refractivity (Wildman–Crippen MR) is 94.8 cm³/mol. The van der Waals surface area contributed by atoms with Crippen LogP contribution in [0.4, 0.5) is 4.79 Å². The molecule has 4 rings (SSSR count). The number of rotatable bonds is 3. The van der Waals surface area contributed by atoms with Gasteiger partial charge in [-0.3, -0.25) is 4.90 Å². The third-order valence-corrected chi connectivity index (χ3v) is 5.82. The van der Waals surface area contributed by atoms with Crippen molar-refractivity contribution in [3.8, 4) is 0 Å². The van der Waals surface area contributed by atoms with E-state index in [9.17, 15) is 4.79 Å². The Bertz CT molecular complexity index is 731. The van der Waals surface area contributed by atoms with Gasteiger partial charge in [0.25, 0.3) is 0 Å². The summed E-state index contributed by atoms with van der Waals surface area (Å²) < 4.78 is 1.28. The molecular weight excluding hydrogens is 306 g/mol. The molecule has 4 nitrogen and oxygen atoms in total. The van der Waals surface area contributed by atoms with Crippen LogP contribution in [0, 0.1) is 0 Å². The van der Waals surface area contributed by atoms with E-state index in [1.165, 1.54) is 15.6 Å². The third-order valence-electron chi connectivity index (χ3n) is 4.80. The Morgan fingerprint density at radius 3 is 2.96 bits per heavy atom. The number of carbonyl (C=O) groups is 1. The molecule has 1 aromatic heterocycles. The second-order valence-electron chi connectivity index (χ2n) is 6.23. The normalized spacial score (nSPS) is 21.4. The smallest absolute Gasteiger partial charge is 0.317 e. The van der Waals surface area contributed by atoms with Crippen LogP contribution in [-0.4, -0.2) is 48.1 Å². The van der Waals surface area contributed by atoms with Crippen molar-refractivity contribution < 1.29 is 4.79 Å². The average Bonchev–Trinajstić information content (AvgIpc) is 3.31. The van der Waals surface area contributed by atoms with Crippen molar-refractivity contribution in [1.82, 2.24) is 15.1 Å². The van der Waals surface area contributed by atoms with E-state index in [1.807, 2.05) is 4.90 Å². The highest BCUT2D eigenvalue weighted by Gasteiger charge is 2.30. The van der Waals surface area contributed by atoms with E-state index < -0.39 is 0 Å². The molecule has 0 aliphatic carbocycles. The Labute approximate surface area is 140 Å². The van der Waals surface area contributed by atoms with Crippen LogP contribution in [0.1, 0.15) is 12.0 Å². The Morgan fingerprint density at radius 2 is 2.09 bits per heavy atom. The Hall–Kier alpha value is -1.85. The molecule has 2 aromatic rings. The van der Waals surface area contributed by atoms with E-state index in [0.717, 1.165) is 32.6 Å². The lowest BCUT2D eigenvalue weighted by Gasteiger charge is -2.23. The van der Waals surface area contributed by atoms with E-state index in [4.69, 9.17) is 0 Å². The van der Waals surface area contributed by atoms with Crippen molar-refractivity contribution in [3.05, 3.63) is 47.4 Å². The van der Waals surface area contributed by atoms with E-state index in [2.05, 4.69) is 52.0 Å². The van der Waals surface area contributed by atoms with Crippen molar-refractivity contribution >= 4 is 27.5 Å². The summed E-state index contributed by atoms with van der Waals surface area (Å²) in [7, 11) is 0. The van der Waals surface area contributed by atoms with Crippen molar-refractivity contribution in [2.45, 2.75) is 19.0 Å². The maximum Gasteiger partial charge on any atom is 0.317 e. The summed E-state index contributed by atoms with van der Waals surface area (Å²) in [4.78, 5) is 16.8. The molecular formula is C18H21N3OS. The van der Waals surface area contributed by atoms with Crippen LogP contribution < -0.4 is 5.32 Å². The number of thiophene rings is 1. The molecule has 0 bridgehead atoms. The van der Waals surface area contributed by atoms with Crippen LogP contribution >= 0.6 is 11.3 Å². The number of nitrogens with one attached hydrogen (secondary N) is 1. The number of hydrogen-bond acceptors (Lipinski definition) is 3. The number of carbonyl (C=O) groups excluding carboxylic acids is 1. The summed E-state index contributed by atoms with van der Waals surface area (Å²) in [6.07, 6.45) is 5.51. The molecule has 1 fully saturated rings. The first-order chi connectivity index (χ1) is 11.3. The molecule has 2 amide bonds. The Balaban J connectivity index is 1.33. The van der Waals surface area contributed by atoms with Gasteiger partial charge >= 0.3 is 6.03 Å². The number of urea groups is 1. The lowest BCUT2D eigenvalue weighted by atomic mass is 10.2. The fourth-order valence-electron chi connectivity index (χ4n) is 3.47. The fourth-order valence-corrected chi connectivity index (χ4v) is 4.43. The number of hydrogen-bond donors (Lipinski definition) is 1. The third kappa shape index (κ3) is 2.99. The quantitative estimate of drug-likeness (QED) is 0.880. The molecule has 3 heterocycles. The minimum absolute atomic E-state index is 0.0648. The molecule has 0 spiro atoms. The minimum Gasteiger partial charge on any atom is -0.334 e. The summed E-state index contributed by atoms with van der Waals surface area (Å²) in [5.41, 5.74) is 1.21. The minimum atomic E-state index is 0.0648. The van der Waals surface area contributed by atoms with Crippen LogP contribution in [-0.2, 0) is 6.54 Å². The van der Waals surface area contributed by atoms with Crippen LogP contribution in [0.2, 0.25) is 0 Å². The van der Waals surface area contributed by atoms with Gasteiger partial charge in [0.15, 0.2) is 0 Å². The summed E-state index contributed by atoms with van der Waals surface area (Å²) in [6, 6.07) is 8.93. The SMILES string of the molecule is O=C(NCc1csc2ccccc12)N1CC[C@H](N2CC=CC2)C1. The molecule has 1 atom stereocenters. The van der Waals surface area contributed by atoms with Gasteiger partial charge in [0.1, 0.15) is 0 Å². The van der Waals surface area contributed by atoms with Crippen molar-refractivity contribution in [2.75, 3.05) is 26.2 Å². The van der Waals surface area contributed by atoms with Gasteiger partial charge in [-0.2, -0.15) is 0 Å². The molecule has 2 aliphatic heterocycles. The van der Waals surface area contributed by atoms with Gasteiger partial charge in [0.05, 0.1) is 0 Å². The lowest BCUT2D eigenvalue weighted by Crippen LogP contribution is -2.41. The fraction of sp³-hybridized carbons (Fsp3) is 0.389. The maximum atomic E-state index is 12.4. The standard InChI is InChI=1S/C18H21N3OS/c22-18(21-10-7-15(12-21)20-8-3-4-9-20)19-11-14-13-23-17-6-2-1-5-16(14)17/h1-6,13,15H,7-12H2,(H,19,22)/t15-/m0/s1. The number of amides is 2. The van der Waals surface area contributed by atoms with Crippen LogP contribution in [0.25, 0.3) is 10.1 Å². The second-order valence-corrected chi connectivity index (χ2v) is 7.14. The van der Waals surface area contributed by atoms with E-state index in [1.54, 1.807) is 11.3 Å². The van der Waals surface area contributed by atoms with E-state index >= 15 is 0 Å². The number of nitrogens with zero attached hydrogens (tertiary/aromatic N) is 2. The highest BCUT2D eigenvalue weighted by molar-refractivity contribution is 7.17. The first-order valence-electron chi connectivity index (χ1n) is 8.18. The molecule has 0 radical (unpaired) electrons. The van der Waals surface area contributed by atoms with E-state index in [0.29, 0.717) is 12.6 Å². The molecule has 0 saturated carbocycles. The zero-order chi connectivity index (χ0) is 15.6. The molecule has 2 aliphatic rings. The monoisotopic (exact) mass is 327 g/mol. The van der Waals surface area contributed by atoms with Crippen molar-refractivity contribution in [1.29, 1.82) is 0 Å². The van der Waals surface area contributed by atoms with Gasteiger partial charge < -0.3 is 10.2 Å². The molecule has 120 valence electrons. The molecule has 0 unspecified atom stereocenters. The van der Waals surface area contributed by atoms with Gasteiger partial charge in [-0.05, 0) is 28.8 Å². The van der Waals surface area contributed by atoms with Gasteiger partial charge in [-0.25, -0.2) is 4.79 Å². The van der Waals surface area contributed by atoms with Crippen molar-refractivity contribution in [3.63, 3.8) is 0 Å². The first-order valence-corrected chi connectivity index (χ1v) is 9.06. The zero-order valence-corrected chi connectivity index (χ0v) is 13.9. The van der Waals surface area contributed by atoms with E-state index in [-0.39, 0.29) is 6.03 Å². The van der Waals surface area contributed by atoms with Crippen LogP contribution in [0.15, 0.2) is 41.8 Å². The Kier molecular flexibility index (Phi) is 4.06. The van der Waals surface area contributed by atoms with Crippen LogP contribution in [0.3, 0.4) is 0 Å². The summed E-state index contributed by atoms with van der Waals surface area (Å²) in [5.74, 6) is 0. The van der Waals surface area contributed by atoms with Gasteiger partial charge in [0.2, 0.25) is 0 Å². The molecule has 5 heteroatoms. The number of likely N-dealkylation sites (tertiary alicyclic amines) is 1. The topological polar surface area (TPSA) is 35.6 Å². The summed E-state index contributed by atoms with van der Waals surface area (Å²) in [5, 5.41) is 6.49. The summed E-state index contributed by atoms with van der Waals surface area (Å²) in [6.45, 7) is 4.37. The molecule has 23 heavy (non-hydrogen) atoms. The highest BCUT2D eigenvalue weighted by Crippen LogP contribution is 2.25. The molecule has 1 aromatic carbocycles. The second kappa shape index (κ2) is 6.34. The highest BCUT2D eigenvalue weighted by atomic mass is 32.1. The van der Waals surface area contributed by atoms with Gasteiger partial charge in [-0.1, -0.05) is 30.4 Å². The molecule has 1 saturated heterocycles. The van der Waals surface area contributed by atoms with Crippen molar-refractivity contribution in [2.24, 2.45) is 0 Å². The van der Waals surface area contributed by atoms with Gasteiger partial charge in [0, 0.05) is 43.5 Å². The predicted octanol–water partition coefficient (Wildman–Crippen LogP) is 3.06.